The molecule has 16 heavy (non-hydrogen) atoms. The molecule has 2 aliphatic rings. The van der Waals surface area contributed by atoms with Crippen LogP contribution in [0, 0.1) is 17.8 Å². The molecular weight excluding hydrogens is 201 g/mol. The van der Waals surface area contributed by atoms with E-state index in [0.717, 1.165) is 44.7 Å². The first-order valence-corrected chi connectivity index (χ1v) is 7.16. The Labute approximate surface area is 99.2 Å². The molecule has 1 aliphatic heterocycles. The molecule has 1 N–H and O–H groups in total. The van der Waals surface area contributed by atoms with Gasteiger partial charge in [0.2, 0.25) is 0 Å². The summed E-state index contributed by atoms with van der Waals surface area (Å²) in [5.41, 5.74) is 0. The SMILES string of the molecule is CCC1CCCC(C(F)C2CCNCC2)C1. The second kappa shape index (κ2) is 6.00. The van der Waals surface area contributed by atoms with Crippen LogP contribution in [-0.2, 0) is 0 Å². The van der Waals surface area contributed by atoms with Crippen LogP contribution in [0.25, 0.3) is 0 Å². The monoisotopic (exact) mass is 227 g/mol. The molecule has 1 heterocycles. The van der Waals surface area contributed by atoms with E-state index >= 15 is 0 Å². The van der Waals surface area contributed by atoms with Crippen LogP contribution in [0.15, 0.2) is 0 Å². The summed E-state index contributed by atoms with van der Waals surface area (Å²) >= 11 is 0. The minimum Gasteiger partial charge on any atom is -0.317 e. The van der Waals surface area contributed by atoms with Gasteiger partial charge in [-0.15, -0.1) is 0 Å². The summed E-state index contributed by atoms with van der Waals surface area (Å²) in [6, 6.07) is 0. The van der Waals surface area contributed by atoms with Crippen molar-refractivity contribution >= 4 is 0 Å². The number of rotatable bonds is 3. The first-order chi connectivity index (χ1) is 7.81. The van der Waals surface area contributed by atoms with Crippen molar-refractivity contribution in [3.8, 4) is 0 Å². The minimum absolute atomic E-state index is 0.349. The Bertz CT molecular complexity index is 201. The minimum atomic E-state index is -0.517. The molecule has 1 nitrogen and oxygen atoms in total. The molecular formula is C14H26FN. The standard InChI is InChI=1S/C14H26FN/c1-2-11-4-3-5-13(10-11)14(15)12-6-8-16-9-7-12/h11-14,16H,2-10H2,1H3. The van der Waals surface area contributed by atoms with Gasteiger partial charge in [0.05, 0.1) is 0 Å². The maximum atomic E-state index is 14.5. The molecule has 94 valence electrons. The number of hydrogen-bond acceptors (Lipinski definition) is 1. The zero-order chi connectivity index (χ0) is 11.4. The van der Waals surface area contributed by atoms with Crippen LogP contribution in [0.1, 0.15) is 51.9 Å². The van der Waals surface area contributed by atoms with Crippen LogP contribution in [0.3, 0.4) is 0 Å². The Hall–Kier alpha value is -0.110. The third kappa shape index (κ3) is 2.97. The van der Waals surface area contributed by atoms with Crippen molar-refractivity contribution in [1.29, 1.82) is 0 Å². The highest BCUT2D eigenvalue weighted by atomic mass is 19.1. The van der Waals surface area contributed by atoms with Gasteiger partial charge in [0.15, 0.2) is 0 Å². The lowest BCUT2D eigenvalue weighted by Gasteiger charge is -2.35. The van der Waals surface area contributed by atoms with Crippen molar-refractivity contribution in [3.05, 3.63) is 0 Å². The Balaban J connectivity index is 1.84. The Kier molecular flexibility index (Phi) is 4.63. The maximum Gasteiger partial charge on any atom is 0.106 e. The number of halogens is 1. The molecule has 3 unspecified atom stereocenters. The molecule has 2 heteroatoms. The largest absolute Gasteiger partial charge is 0.317 e. The lowest BCUT2D eigenvalue weighted by atomic mass is 9.74. The summed E-state index contributed by atoms with van der Waals surface area (Å²) < 4.78 is 14.5. The van der Waals surface area contributed by atoms with Gasteiger partial charge in [0.25, 0.3) is 0 Å². The predicted octanol–water partition coefficient (Wildman–Crippen LogP) is 3.54. The summed E-state index contributed by atoms with van der Waals surface area (Å²) in [7, 11) is 0. The molecule has 0 radical (unpaired) electrons. The van der Waals surface area contributed by atoms with Crippen molar-refractivity contribution in [3.63, 3.8) is 0 Å². The van der Waals surface area contributed by atoms with E-state index in [-0.39, 0.29) is 0 Å². The van der Waals surface area contributed by atoms with E-state index < -0.39 is 6.17 Å². The van der Waals surface area contributed by atoms with Crippen molar-refractivity contribution in [2.24, 2.45) is 17.8 Å². The Morgan fingerprint density at radius 3 is 2.56 bits per heavy atom. The smallest absolute Gasteiger partial charge is 0.106 e. The van der Waals surface area contributed by atoms with Gasteiger partial charge in [-0.1, -0.05) is 26.2 Å². The second-order valence-corrected chi connectivity index (χ2v) is 5.73. The zero-order valence-corrected chi connectivity index (χ0v) is 10.6. The average Bonchev–Trinajstić information content (AvgIpc) is 2.39. The van der Waals surface area contributed by atoms with Gasteiger partial charge in [-0.05, 0) is 56.5 Å². The highest BCUT2D eigenvalue weighted by molar-refractivity contribution is 4.84. The molecule has 2 rings (SSSR count). The highest BCUT2D eigenvalue weighted by Crippen LogP contribution is 2.37. The van der Waals surface area contributed by atoms with E-state index in [1.54, 1.807) is 0 Å². The summed E-state index contributed by atoms with van der Waals surface area (Å²) in [4.78, 5) is 0. The summed E-state index contributed by atoms with van der Waals surface area (Å²) in [5, 5.41) is 3.33. The fourth-order valence-electron chi connectivity index (χ4n) is 3.54. The summed E-state index contributed by atoms with van der Waals surface area (Å²) in [5.74, 6) is 1.53. The van der Waals surface area contributed by atoms with Gasteiger partial charge in [-0.2, -0.15) is 0 Å². The van der Waals surface area contributed by atoms with Gasteiger partial charge in [0.1, 0.15) is 6.17 Å². The average molecular weight is 227 g/mol. The number of alkyl halides is 1. The predicted molar refractivity (Wildman–Crippen MR) is 66.2 cm³/mol. The van der Waals surface area contributed by atoms with E-state index in [2.05, 4.69) is 12.2 Å². The fourth-order valence-corrected chi connectivity index (χ4v) is 3.54. The fraction of sp³-hybridized carbons (Fsp3) is 1.00. The van der Waals surface area contributed by atoms with Crippen LogP contribution in [0.4, 0.5) is 4.39 Å². The molecule has 0 amide bonds. The normalized spacial score (nSPS) is 34.9. The zero-order valence-electron chi connectivity index (χ0n) is 10.6. The van der Waals surface area contributed by atoms with Gasteiger partial charge < -0.3 is 5.32 Å². The molecule has 2 fully saturated rings. The number of nitrogens with one attached hydrogen (secondary N) is 1. The topological polar surface area (TPSA) is 12.0 Å². The quantitative estimate of drug-likeness (QED) is 0.777. The van der Waals surface area contributed by atoms with Crippen molar-refractivity contribution < 1.29 is 4.39 Å². The van der Waals surface area contributed by atoms with Gasteiger partial charge in [-0.3, -0.25) is 0 Å². The third-order valence-corrected chi connectivity index (χ3v) is 4.69. The van der Waals surface area contributed by atoms with Gasteiger partial charge in [0, 0.05) is 0 Å². The lowest BCUT2D eigenvalue weighted by Crippen LogP contribution is -2.37. The van der Waals surface area contributed by atoms with E-state index in [1.807, 2.05) is 0 Å². The molecule has 0 aromatic carbocycles. The van der Waals surface area contributed by atoms with E-state index in [0.29, 0.717) is 11.8 Å². The van der Waals surface area contributed by atoms with Crippen molar-refractivity contribution in [1.82, 2.24) is 5.32 Å². The van der Waals surface area contributed by atoms with Crippen molar-refractivity contribution in [2.45, 2.75) is 58.0 Å². The molecule has 3 atom stereocenters. The van der Waals surface area contributed by atoms with Crippen LogP contribution in [0.5, 0.6) is 0 Å². The molecule has 0 aromatic rings. The third-order valence-electron chi connectivity index (χ3n) is 4.69. The second-order valence-electron chi connectivity index (χ2n) is 5.73. The van der Waals surface area contributed by atoms with E-state index in [4.69, 9.17) is 0 Å². The molecule has 0 spiro atoms. The van der Waals surface area contributed by atoms with E-state index in [9.17, 15) is 4.39 Å². The summed E-state index contributed by atoms with van der Waals surface area (Å²) in [6.07, 6.45) is 7.72. The molecule has 0 aromatic heterocycles. The maximum absolute atomic E-state index is 14.5. The molecule has 1 aliphatic carbocycles. The van der Waals surface area contributed by atoms with Gasteiger partial charge in [-0.25, -0.2) is 4.39 Å². The molecule has 0 bridgehead atoms. The van der Waals surface area contributed by atoms with Crippen molar-refractivity contribution in [2.75, 3.05) is 13.1 Å². The van der Waals surface area contributed by atoms with Crippen LogP contribution in [0.2, 0.25) is 0 Å². The van der Waals surface area contributed by atoms with Gasteiger partial charge >= 0.3 is 0 Å². The molecule has 1 saturated carbocycles. The number of piperidine rings is 1. The molecule has 1 saturated heterocycles. The summed E-state index contributed by atoms with van der Waals surface area (Å²) in [6.45, 7) is 4.30. The highest BCUT2D eigenvalue weighted by Gasteiger charge is 2.33. The number of hydrogen-bond donors (Lipinski definition) is 1. The van der Waals surface area contributed by atoms with E-state index in [1.165, 1.54) is 19.3 Å². The van der Waals surface area contributed by atoms with Crippen LogP contribution in [-0.4, -0.2) is 19.3 Å². The van der Waals surface area contributed by atoms with Crippen LogP contribution >= 0.6 is 0 Å². The Morgan fingerprint density at radius 1 is 1.12 bits per heavy atom. The first kappa shape index (κ1) is 12.3. The lowest BCUT2D eigenvalue weighted by molar-refractivity contribution is 0.0818. The Morgan fingerprint density at radius 2 is 1.88 bits per heavy atom. The first-order valence-electron chi connectivity index (χ1n) is 7.16. The van der Waals surface area contributed by atoms with Crippen LogP contribution < -0.4 is 5.32 Å².